The van der Waals surface area contributed by atoms with Gasteiger partial charge in [0.2, 0.25) is 0 Å². The number of ether oxygens (including phenoxy) is 2. The number of fused-ring (bicyclic) bond motifs is 1. The van der Waals surface area contributed by atoms with Gasteiger partial charge in [0.15, 0.2) is 0 Å². The number of nitrogens with one attached hydrogen (secondary N) is 1. The maximum absolute atomic E-state index is 12.2. The van der Waals surface area contributed by atoms with Crippen LogP contribution in [0.2, 0.25) is 0 Å². The zero-order chi connectivity index (χ0) is 17.6. The van der Waals surface area contributed by atoms with Crippen molar-refractivity contribution < 1.29 is 14.3 Å². The van der Waals surface area contributed by atoms with Gasteiger partial charge in [0.1, 0.15) is 24.7 Å². The van der Waals surface area contributed by atoms with Crippen molar-refractivity contribution in [2.24, 2.45) is 0 Å². The highest BCUT2D eigenvalue weighted by atomic mass is 16.5. The molecule has 0 aliphatic rings. The van der Waals surface area contributed by atoms with E-state index in [1.54, 1.807) is 6.07 Å². The van der Waals surface area contributed by atoms with Gasteiger partial charge < -0.3 is 19.4 Å². The number of nitrogens with zero attached hydrogens (tertiary/aromatic N) is 1. The summed E-state index contributed by atoms with van der Waals surface area (Å²) in [5.74, 6) is 0.362. The molecular formula is C20H22N2O3. The summed E-state index contributed by atoms with van der Waals surface area (Å²) in [6.45, 7) is 1.53. The summed E-state index contributed by atoms with van der Waals surface area (Å²) < 4.78 is 11.2. The summed E-state index contributed by atoms with van der Waals surface area (Å²) in [7, 11) is 3.88. The Bertz CT molecular complexity index is 841. The van der Waals surface area contributed by atoms with Crippen molar-refractivity contribution in [2.75, 3.05) is 27.2 Å². The van der Waals surface area contributed by atoms with Crippen molar-refractivity contribution in [1.82, 2.24) is 9.88 Å². The van der Waals surface area contributed by atoms with Crippen molar-refractivity contribution in [2.45, 2.75) is 6.61 Å². The van der Waals surface area contributed by atoms with Crippen LogP contribution in [0, 0.1) is 0 Å². The second-order valence-corrected chi connectivity index (χ2v) is 6.12. The molecule has 0 unspecified atom stereocenters. The van der Waals surface area contributed by atoms with Crippen LogP contribution in [0.1, 0.15) is 16.1 Å². The molecule has 0 aliphatic carbocycles. The first-order chi connectivity index (χ1) is 12.1. The predicted octanol–water partition coefficient (Wildman–Crippen LogP) is 3.47. The first kappa shape index (κ1) is 17.0. The fourth-order valence-corrected chi connectivity index (χ4v) is 2.49. The topological polar surface area (TPSA) is 54.6 Å². The molecule has 0 bridgehead atoms. The third kappa shape index (κ3) is 4.39. The highest BCUT2D eigenvalue weighted by Gasteiger charge is 2.13. The van der Waals surface area contributed by atoms with Gasteiger partial charge in [-0.05, 0) is 31.8 Å². The standard InChI is InChI=1S/C20H22N2O3/c1-22(2)11-12-24-20(23)17-13-16-9-6-10-18(19(16)21-17)25-14-15-7-4-3-5-8-15/h3-10,13,21H,11-12,14H2,1-2H3. The molecule has 1 aromatic heterocycles. The molecule has 0 saturated heterocycles. The van der Waals surface area contributed by atoms with Crippen molar-refractivity contribution in [3.05, 3.63) is 65.9 Å². The molecule has 5 nitrogen and oxygen atoms in total. The first-order valence-corrected chi connectivity index (χ1v) is 8.24. The Hall–Kier alpha value is -2.79. The van der Waals surface area contributed by atoms with E-state index in [1.807, 2.05) is 67.5 Å². The zero-order valence-corrected chi connectivity index (χ0v) is 14.5. The van der Waals surface area contributed by atoms with Gasteiger partial charge in [0.25, 0.3) is 0 Å². The molecule has 130 valence electrons. The Kier molecular flexibility index (Phi) is 5.36. The van der Waals surface area contributed by atoms with E-state index in [2.05, 4.69) is 4.98 Å². The lowest BCUT2D eigenvalue weighted by Crippen LogP contribution is -2.20. The highest BCUT2D eigenvalue weighted by Crippen LogP contribution is 2.26. The van der Waals surface area contributed by atoms with Crippen LogP contribution in [0.25, 0.3) is 10.9 Å². The summed E-state index contributed by atoms with van der Waals surface area (Å²) >= 11 is 0. The number of rotatable bonds is 7. The van der Waals surface area contributed by atoms with Crippen LogP contribution in [-0.2, 0) is 11.3 Å². The van der Waals surface area contributed by atoms with Crippen molar-refractivity contribution in [3.63, 3.8) is 0 Å². The molecule has 0 amide bonds. The van der Waals surface area contributed by atoms with Gasteiger partial charge in [-0.1, -0.05) is 42.5 Å². The molecule has 2 aromatic carbocycles. The SMILES string of the molecule is CN(C)CCOC(=O)c1cc2cccc(OCc3ccccc3)c2[nH]1. The van der Waals surface area contributed by atoms with Crippen LogP contribution in [0.3, 0.4) is 0 Å². The van der Waals surface area contributed by atoms with E-state index in [4.69, 9.17) is 9.47 Å². The average molecular weight is 338 g/mol. The Balaban J connectivity index is 1.72. The first-order valence-electron chi connectivity index (χ1n) is 8.24. The summed E-state index contributed by atoms with van der Waals surface area (Å²) in [5.41, 5.74) is 2.33. The van der Waals surface area contributed by atoms with Gasteiger partial charge >= 0.3 is 5.97 Å². The Morgan fingerprint density at radius 3 is 2.64 bits per heavy atom. The molecule has 1 heterocycles. The smallest absolute Gasteiger partial charge is 0.354 e. The average Bonchev–Trinajstić information content (AvgIpc) is 3.05. The van der Waals surface area contributed by atoms with E-state index in [0.29, 0.717) is 31.2 Å². The van der Waals surface area contributed by atoms with Crippen molar-refractivity contribution in [1.29, 1.82) is 0 Å². The third-order valence-electron chi connectivity index (χ3n) is 3.85. The molecule has 0 atom stereocenters. The summed E-state index contributed by atoms with van der Waals surface area (Å²) in [4.78, 5) is 17.3. The van der Waals surface area contributed by atoms with Gasteiger partial charge in [-0.2, -0.15) is 0 Å². The van der Waals surface area contributed by atoms with Crippen LogP contribution >= 0.6 is 0 Å². The van der Waals surface area contributed by atoms with Crippen LogP contribution in [0.15, 0.2) is 54.6 Å². The number of likely N-dealkylation sites (N-methyl/N-ethyl adjacent to an activating group) is 1. The Labute approximate surface area is 147 Å². The Morgan fingerprint density at radius 1 is 1.08 bits per heavy atom. The van der Waals surface area contributed by atoms with Crippen LogP contribution < -0.4 is 4.74 Å². The van der Waals surface area contributed by atoms with E-state index in [0.717, 1.165) is 16.5 Å². The lowest BCUT2D eigenvalue weighted by atomic mass is 10.2. The number of aromatic amines is 1. The van der Waals surface area contributed by atoms with Crippen LogP contribution in [-0.4, -0.2) is 43.1 Å². The van der Waals surface area contributed by atoms with Gasteiger partial charge in [-0.3, -0.25) is 0 Å². The highest BCUT2D eigenvalue weighted by molar-refractivity contribution is 5.96. The number of benzene rings is 2. The van der Waals surface area contributed by atoms with Gasteiger partial charge in [0, 0.05) is 11.9 Å². The molecule has 3 aromatic rings. The van der Waals surface area contributed by atoms with Crippen LogP contribution in [0.5, 0.6) is 5.75 Å². The van der Waals surface area contributed by atoms with E-state index < -0.39 is 0 Å². The third-order valence-corrected chi connectivity index (χ3v) is 3.85. The minimum atomic E-state index is -0.355. The van der Waals surface area contributed by atoms with Crippen LogP contribution in [0.4, 0.5) is 0 Å². The second kappa shape index (κ2) is 7.85. The lowest BCUT2D eigenvalue weighted by Gasteiger charge is -2.09. The quantitative estimate of drug-likeness (QED) is 0.670. The Morgan fingerprint density at radius 2 is 1.88 bits per heavy atom. The lowest BCUT2D eigenvalue weighted by molar-refractivity contribution is 0.0476. The van der Waals surface area contributed by atoms with Gasteiger partial charge in [0.05, 0.1) is 5.52 Å². The number of hydrogen-bond acceptors (Lipinski definition) is 4. The second-order valence-electron chi connectivity index (χ2n) is 6.12. The molecule has 1 N–H and O–H groups in total. The summed E-state index contributed by atoms with van der Waals surface area (Å²) in [6, 6.07) is 17.5. The summed E-state index contributed by atoms with van der Waals surface area (Å²) in [6.07, 6.45) is 0. The fraction of sp³-hybridized carbons (Fsp3) is 0.250. The molecule has 0 radical (unpaired) electrons. The van der Waals surface area contributed by atoms with E-state index in [1.165, 1.54) is 0 Å². The molecule has 3 rings (SSSR count). The van der Waals surface area contributed by atoms with E-state index in [9.17, 15) is 4.79 Å². The summed E-state index contributed by atoms with van der Waals surface area (Å²) in [5, 5.41) is 0.921. The number of carbonyl (C=O) groups excluding carboxylic acids is 1. The fourth-order valence-electron chi connectivity index (χ4n) is 2.49. The molecule has 25 heavy (non-hydrogen) atoms. The van der Waals surface area contributed by atoms with E-state index >= 15 is 0 Å². The number of carbonyl (C=O) groups is 1. The van der Waals surface area contributed by atoms with Gasteiger partial charge in [-0.15, -0.1) is 0 Å². The van der Waals surface area contributed by atoms with Crippen molar-refractivity contribution >= 4 is 16.9 Å². The largest absolute Gasteiger partial charge is 0.487 e. The molecule has 0 spiro atoms. The number of hydrogen-bond donors (Lipinski definition) is 1. The number of para-hydroxylation sites is 1. The normalized spacial score (nSPS) is 11.0. The zero-order valence-electron chi connectivity index (χ0n) is 14.5. The number of aromatic nitrogens is 1. The minimum absolute atomic E-state index is 0.355. The molecule has 0 aliphatic heterocycles. The molecular weight excluding hydrogens is 316 g/mol. The molecule has 0 fully saturated rings. The molecule has 5 heteroatoms. The monoisotopic (exact) mass is 338 g/mol. The molecule has 0 saturated carbocycles. The number of esters is 1. The predicted molar refractivity (Wildman–Crippen MR) is 97.9 cm³/mol. The van der Waals surface area contributed by atoms with E-state index in [-0.39, 0.29) is 5.97 Å². The maximum Gasteiger partial charge on any atom is 0.354 e. The minimum Gasteiger partial charge on any atom is -0.487 e. The van der Waals surface area contributed by atoms with Gasteiger partial charge in [-0.25, -0.2) is 4.79 Å². The maximum atomic E-state index is 12.2. The van der Waals surface area contributed by atoms with Crippen molar-refractivity contribution in [3.8, 4) is 5.75 Å². The number of H-pyrrole nitrogens is 1.